The first kappa shape index (κ1) is 21.2. The molecule has 2 N–H and O–H groups in total. The molecule has 3 atom stereocenters. The summed E-state index contributed by atoms with van der Waals surface area (Å²) < 4.78 is 18.9. The Bertz CT molecular complexity index is 790. The van der Waals surface area contributed by atoms with Crippen LogP contribution < -0.4 is 5.32 Å². The van der Waals surface area contributed by atoms with Crippen LogP contribution in [0.25, 0.3) is 0 Å². The van der Waals surface area contributed by atoms with Gasteiger partial charge in [-0.15, -0.1) is 0 Å². The number of benzene rings is 1. The molecule has 5 nitrogen and oxygen atoms in total. The van der Waals surface area contributed by atoms with Crippen LogP contribution in [0, 0.1) is 22.6 Å². The number of rotatable bonds is 7. The second-order valence-corrected chi connectivity index (χ2v) is 7.26. The molecule has 0 saturated heterocycles. The Morgan fingerprint density at radius 2 is 2.22 bits per heavy atom. The molecule has 27 heavy (non-hydrogen) atoms. The highest BCUT2D eigenvalue weighted by Crippen LogP contribution is 2.52. The number of nitrogens with zero attached hydrogens (tertiary/aromatic N) is 1. The number of ether oxygens (including phenoxy) is 1. The van der Waals surface area contributed by atoms with Crippen molar-refractivity contribution in [2.75, 3.05) is 13.7 Å². The maximum atomic E-state index is 13.6. The van der Waals surface area contributed by atoms with E-state index < -0.39 is 29.2 Å². The number of carboxylic acids is 1. The molecule has 0 aliphatic carbocycles. The van der Waals surface area contributed by atoms with Gasteiger partial charge in [-0.25, -0.2) is 4.39 Å². The van der Waals surface area contributed by atoms with Gasteiger partial charge in [-0.3, -0.25) is 4.79 Å². The van der Waals surface area contributed by atoms with Gasteiger partial charge < -0.3 is 15.2 Å². The van der Waals surface area contributed by atoms with E-state index in [9.17, 15) is 19.6 Å². The van der Waals surface area contributed by atoms with Crippen molar-refractivity contribution in [3.63, 3.8) is 0 Å². The molecule has 0 radical (unpaired) electrons. The van der Waals surface area contributed by atoms with Crippen molar-refractivity contribution >= 4 is 17.6 Å². The van der Waals surface area contributed by atoms with Gasteiger partial charge >= 0.3 is 5.97 Å². The molecule has 2 rings (SSSR count). The largest absolute Gasteiger partial charge is 0.481 e. The highest BCUT2D eigenvalue weighted by Gasteiger charge is 2.56. The Morgan fingerprint density at radius 1 is 1.52 bits per heavy atom. The fourth-order valence-corrected chi connectivity index (χ4v) is 4.26. The predicted molar refractivity (Wildman–Crippen MR) is 101 cm³/mol. The maximum absolute atomic E-state index is 13.6. The number of hydrogen-bond donors (Lipinski definition) is 2. The third-order valence-corrected chi connectivity index (χ3v) is 5.62. The Morgan fingerprint density at radius 3 is 2.74 bits per heavy atom. The topological polar surface area (TPSA) is 82.3 Å². The quantitative estimate of drug-likeness (QED) is 0.722. The molecule has 1 aromatic rings. The minimum Gasteiger partial charge on any atom is -0.481 e. The second-order valence-electron chi connectivity index (χ2n) is 6.85. The number of aliphatic carboxylic acids is 1. The van der Waals surface area contributed by atoms with Gasteiger partial charge in [-0.1, -0.05) is 37.4 Å². The lowest BCUT2D eigenvalue weighted by Gasteiger charge is -2.47. The predicted octanol–water partition coefficient (Wildman–Crippen LogP) is 4.24. The van der Waals surface area contributed by atoms with Crippen LogP contribution in [0.4, 0.5) is 4.39 Å². The van der Waals surface area contributed by atoms with Gasteiger partial charge in [0.1, 0.15) is 11.2 Å². The Balaban J connectivity index is 2.81. The van der Waals surface area contributed by atoms with Gasteiger partial charge in [0.15, 0.2) is 0 Å². The lowest BCUT2D eigenvalue weighted by atomic mass is 9.60. The molecule has 3 unspecified atom stereocenters. The summed E-state index contributed by atoms with van der Waals surface area (Å²) in [6.07, 6.45) is 1.78. The van der Waals surface area contributed by atoms with E-state index in [1.165, 1.54) is 19.2 Å². The number of nitrogens with one attached hydrogen (secondary N) is 1. The first-order valence-electron chi connectivity index (χ1n) is 8.88. The van der Waals surface area contributed by atoms with E-state index in [-0.39, 0.29) is 11.6 Å². The van der Waals surface area contributed by atoms with Gasteiger partial charge in [0.05, 0.1) is 24.3 Å². The summed E-state index contributed by atoms with van der Waals surface area (Å²) in [5, 5.41) is 23.4. The molecule has 0 amide bonds. The number of halogens is 2. The first-order valence-corrected chi connectivity index (χ1v) is 9.25. The van der Waals surface area contributed by atoms with Crippen molar-refractivity contribution in [3.8, 4) is 6.07 Å². The van der Waals surface area contributed by atoms with Crippen molar-refractivity contribution in [3.05, 3.63) is 45.9 Å². The van der Waals surface area contributed by atoms with E-state index in [0.29, 0.717) is 29.7 Å². The average molecular weight is 395 g/mol. The van der Waals surface area contributed by atoms with E-state index in [1.54, 1.807) is 6.92 Å². The van der Waals surface area contributed by atoms with E-state index in [1.807, 2.05) is 6.92 Å². The molecule has 1 aliphatic rings. The van der Waals surface area contributed by atoms with Crippen LogP contribution in [-0.4, -0.2) is 30.8 Å². The lowest BCUT2D eigenvalue weighted by molar-refractivity contribution is -0.154. The van der Waals surface area contributed by atoms with Crippen LogP contribution >= 0.6 is 11.6 Å². The summed E-state index contributed by atoms with van der Waals surface area (Å²) >= 11 is 6.31. The van der Waals surface area contributed by atoms with Crippen molar-refractivity contribution in [2.45, 2.75) is 45.1 Å². The molecule has 0 bridgehead atoms. The summed E-state index contributed by atoms with van der Waals surface area (Å²) in [7, 11) is 1.51. The average Bonchev–Trinajstić information content (AvgIpc) is 2.61. The number of unbranched alkanes of at least 4 members (excludes halogenated alkanes) is 1. The third-order valence-electron chi connectivity index (χ3n) is 5.29. The van der Waals surface area contributed by atoms with Crippen LogP contribution in [0.2, 0.25) is 5.02 Å². The molecule has 146 valence electrons. The third kappa shape index (κ3) is 3.80. The van der Waals surface area contributed by atoms with E-state index >= 15 is 0 Å². The number of carbonyl (C=O) groups is 1. The molecule has 0 spiro atoms. The summed E-state index contributed by atoms with van der Waals surface area (Å²) in [5.74, 6) is -2.35. The van der Waals surface area contributed by atoms with Crippen molar-refractivity contribution in [2.24, 2.45) is 5.41 Å². The molecular weight excluding hydrogens is 371 g/mol. The molecule has 1 aromatic carbocycles. The minimum atomic E-state index is -1.35. The molecular formula is C20H24ClFN2O3. The zero-order chi connectivity index (χ0) is 20.2. The highest BCUT2D eigenvalue weighted by atomic mass is 35.5. The summed E-state index contributed by atoms with van der Waals surface area (Å²) in [4.78, 5) is 12.7. The lowest BCUT2D eigenvalue weighted by Crippen LogP contribution is -2.58. The van der Waals surface area contributed by atoms with Crippen LogP contribution in [0.3, 0.4) is 0 Å². The zero-order valence-electron chi connectivity index (χ0n) is 15.7. The van der Waals surface area contributed by atoms with E-state index in [0.717, 1.165) is 12.5 Å². The normalized spacial score (nSPS) is 25.0. The number of carboxylic acid groups (broad SMARTS) is 1. The zero-order valence-corrected chi connectivity index (χ0v) is 16.4. The molecule has 0 fully saturated rings. The van der Waals surface area contributed by atoms with Gasteiger partial charge in [0.25, 0.3) is 0 Å². The highest BCUT2D eigenvalue weighted by molar-refractivity contribution is 6.31. The summed E-state index contributed by atoms with van der Waals surface area (Å²) in [6.45, 7) is 3.86. The Hall–Kier alpha value is -2.10. The first-order chi connectivity index (χ1) is 12.8. The van der Waals surface area contributed by atoms with Gasteiger partial charge in [0.2, 0.25) is 0 Å². The number of methoxy groups -OCH3 is 1. The number of nitriles is 1. The van der Waals surface area contributed by atoms with Crippen LogP contribution in [-0.2, 0) is 9.53 Å². The molecule has 7 heteroatoms. The molecule has 0 saturated carbocycles. The van der Waals surface area contributed by atoms with Gasteiger partial charge in [-0.05, 0) is 31.0 Å². The van der Waals surface area contributed by atoms with Crippen molar-refractivity contribution in [1.82, 2.24) is 5.32 Å². The Labute approximate surface area is 163 Å². The van der Waals surface area contributed by atoms with Crippen LogP contribution in [0.15, 0.2) is 29.5 Å². The molecule has 1 aliphatic heterocycles. The van der Waals surface area contributed by atoms with E-state index in [2.05, 4.69) is 11.4 Å². The number of hydrogen-bond acceptors (Lipinski definition) is 4. The van der Waals surface area contributed by atoms with Gasteiger partial charge in [-0.2, -0.15) is 5.26 Å². The van der Waals surface area contributed by atoms with Crippen molar-refractivity contribution < 1.29 is 19.0 Å². The summed E-state index contributed by atoms with van der Waals surface area (Å²) in [6, 6.07) is 5.47. The fraction of sp³-hybridized carbons (Fsp3) is 0.500. The molecule has 0 aromatic heterocycles. The van der Waals surface area contributed by atoms with E-state index in [4.69, 9.17) is 16.3 Å². The van der Waals surface area contributed by atoms with Crippen LogP contribution in [0.1, 0.15) is 44.6 Å². The minimum absolute atomic E-state index is 0.112. The van der Waals surface area contributed by atoms with Crippen molar-refractivity contribution in [1.29, 1.82) is 5.26 Å². The monoisotopic (exact) mass is 394 g/mol. The Kier molecular flexibility index (Phi) is 6.85. The standard InChI is InChI=1S/C20H24ClFN2O3/c1-4-5-8-20(19(25)26)17(11-27-3)24-12(2)15(10-23)18(20)14-7-6-13(22)9-16(14)21/h6-7,9,17-18,24H,4-5,8,11H2,1-3H3,(H,25,26). The van der Waals surface area contributed by atoms with Crippen LogP contribution in [0.5, 0.6) is 0 Å². The smallest absolute Gasteiger partial charge is 0.312 e. The molecule has 1 heterocycles. The van der Waals surface area contributed by atoms with Gasteiger partial charge in [0, 0.05) is 23.7 Å². The summed E-state index contributed by atoms with van der Waals surface area (Å²) in [5.41, 5.74) is -0.0272. The fourth-order valence-electron chi connectivity index (χ4n) is 3.98. The second kappa shape index (κ2) is 8.73. The SMILES string of the molecule is CCCCC1(C(=O)O)C(COC)NC(C)=C(C#N)C1c1ccc(F)cc1Cl. The number of allylic oxidation sites excluding steroid dienone is 2. The maximum Gasteiger partial charge on any atom is 0.312 e.